The number of aromatic nitrogens is 2. The molecule has 0 spiro atoms. The van der Waals surface area contributed by atoms with Crippen molar-refractivity contribution in [2.45, 2.75) is 6.92 Å². The van der Waals surface area contributed by atoms with E-state index in [-0.39, 0.29) is 5.91 Å². The van der Waals surface area contributed by atoms with Crippen LogP contribution in [0.5, 0.6) is 0 Å². The van der Waals surface area contributed by atoms with Crippen molar-refractivity contribution in [3.63, 3.8) is 0 Å². The van der Waals surface area contributed by atoms with Crippen molar-refractivity contribution in [1.29, 1.82) is 0 Å². The standard InChI is InChI=1S/C16H12ClN3O2/c1-10-13(17)3-2-4-14(10)19-15(21)11-5-7-12(8-6-11)16-20-18-9-22-16/h2-9H,1H3,(H,19,21). The van der Waals surface area contributed by atoms with Crippen molar-refractivity contribution in [1.82, 2.24) is 10.2 Å². The zero-order chi connectivity index (χ0) is 15.5. The first-order valence-electron chi connectivity index (χ1n) is 6.58. The molecule has 1 heterocycles. The highest BCUT2D eigenvalue weighted by molar-refractivity contribution is 6.31. The van der Waals surface area contributed by atoms with Crippen LogP contribution in [0.2, 0.25) is 5.02 Å². The lowest BCUT2D eigenvalue weighted by Gasteiger charge is -2.09. The summed E-state index contributed by atoms with van der Waals surface area (Å²) in [7, 11) is 0. The van der Waals surface area contributed by atoms with Crippen molar-refractivity contribution in [2.75, 3.05) is 5.32 Å². The topological polar surface area (TPSA) is 68.0 Å². The predicted molar refractivity (Wildman–Crippen MR) is 83.9 cm³/mol. The second-order valence-corrected chi connectivity index (χ2v) is 5.09. The molecule has 1 N–H and O–H groups in total. The fourth-order valence-corrected chi connectivity index (χ4v) is 2.17. The van der Waals surface area contributed by atoms with Crippen molar-refractivity contribution in [2.24, 2.45) is 0 Å². The lowest BCUT2D eigenvalue weighted by molar-refractivity contribution is 0.102. The van der Waals surface area contributed by atoms with E-state index in [9.17, 15) is 4.79 Å². The monoisotopic (exact) mass is 313 g/mol. The number of hydrogen-bond donors (Lipinski definition) is 1. The van der Waals surface area contributed by atoms with E-state index >= 15 is 0 Å². The van der Waals surface area contributed by atoms with Gasteiger partial charge in [0.1, 0.15) is 0 Å². The highest BCUT2D eigenvalue weighted by Gasteiger charge is 2.10. The molecule has 6 heteroatoms. The summed E-state index contributed by atoms with van der Waals surface area (Å²) in [5, 5.41) is 10.9. The molecule has 1 amide bonds. The van der Waals surface area contributed by atoms with E-state index in [0.29, 0.717) is 22.2 Å². The Bertz CT molecular complexity index is 799. The normalized spacial score (nSPS) is 10.5. The highest BCUT2D eigenvalue weighted by Crippen LogP contribution is 2.24. The van der Waals surface area contributed by atoms with Gasteiger partial charge in [-0.15, -0.1) is 10.2 Å². The summed E-state index contributed by atoms with van der Waals surface area (Å²) < 4.78 is 5.11. The van der Waals surface area contributed by atoms with Gasteiger partial charge in [0.25, 0.3) is 5.91 Å². The zero-order valence-corrected chi connectivity index (χ0v) is 12.5. The Balaban J connectivity index is 1.79. The van der Waals surface area contributed by atoms with Crippen molar-refractivity contribution in [3.05, 3.63) is 65.0 Å². The van der Waals surface area contributed by atoms with Gasteiger partial charge in [0.2, 0.25) is 12.3 Å². The Labute approximate surface area is 131 Å². The van der Waals surface area contributed by atoms with Crippen LogP contribution in [0.25, 0.3) is 11.5 Å². The van der Waals surface area contributed by atoms with Crippen molar-refractivity contribution in [3.8, 4) is 11.5 Å². The third-order valence-corrected chi connectivity index (χ3v) is 3.68. The maximum absolute atomic E-state index is 12.3. The Morgan fingerprint density at radius 2 is 1.95 bits per heavy atom. The van der Waals surface area contributed by atoms with Crippen LogP contribution in [0.1, 0.15) is 15.9 Å². The largest absolute Gasteiger partial charge is 0.423 e. The van der Waals surface area contributed by atoms with Crippen LogP contribution < -0.4 is 5.32 Å². The lowest BCUT2D eigenvalue weighted by Crippen LogP contribution is -2.12. The Kier molecular flexibility index (Phi) is 3.89. The number of rotatable bonds is 3. The second-order valence-electron chi connectivity index (χ2n) is 4.69. The molecule has 110 valence electrons. The van der Waals surface area contributed by atoms with E-state index in [1.165, 1.54) is 6.39 Å². The first kappa shape index (κ1) is 14.3. The second kappa shape index (κ2) is 5.99. The predicted octanol–water partition coefficient (Wildman–Crippen LogP) is 3.95. The molecule has 3 rings (SSSR count). The molecule has 5 nitrogen and oxygen atoms in total. The molecule has 0 saturated heterocycles. The SMILES string of the molecule is Cc1c(Cl)cccc1NC(=O)c1ccc(-c2nnco2)cc1. The lowest BCUT2D eigenvalue weighted by atomic mass is 10.1. The molecule has 0 fully saturated rings. The number of anilines is 1. The van der Waals surface area contributed by atoms with E-state index in [1.54, 1.807) is 36.4 Å². The van der Waals surface area contributed by atoms with E-state index < -0.39 is 0 Å². The van der Waals surface area contributed by atoms with Gasteiger partial charge in [0.15, 0.2) is 0 Å². The van der Waals surface area contributed by atoms with E-state index in [2.05, 4.69) is 15.5 Å². The summed E-state index contributed by atoms with van der Waals surface area (Å²) in [6.45, 7) is 1.86. The third kappa shape index (κ3) is 2.84. The van der Waals surface area contributed by atoms with Gasteiger partial charge in [-0.3, -0.25) is 4.79 Å². The minimum Gasteiger partial charge on any atom is -0.423 e. The van der Waals surface area contributed by atoms with Gasteiger partial charge in [0.05, 0.1) is 0 Å². The highest BCUT2D eigenvalue weighted by atomic mass is 35.5. The van der Waals surface area contributed by atoms with Gasteiger partial charge < -0.3 is 9.73 Å². The molecular formula is C16H12ClN3O2. The van der Waals surface area contributed by atoms with Crippen LogP contribution in [0.3, 0.4) is 0 Å². The number of hydrogen-bond acceptors (Lipinski definition) is 4. The van der Waals surface area contributed by atoms with Crippen LogP contribution in [0.15, 0.2) is 53.3 Å². The number of nitrogens with one attached hydrogen (secondary N) is 1. The number of carbonyl (C=O) groups is 1. The number of halogens is 1. The van der Waals surface area contributed by atoms with E-state index in [1.807, 2.05) is 13.0 Å². The molecule has 0 aliphatic rings. The zero-order valence-electron chi connectivity index (χ0n) is 11.7. The molecular weight excluding hydrogens is 302 g/mol. The minimum absolute atomic E-state index is 0.206. The Morgan fingerprint density at radius 1 is 1.18 bits per heavy atom. The maximum Gasteiger partial charge on any atom is 0.255 e. The third-order valence-electron chi connectivity index (χ3n) is 3.27. The van der Waals surface area contributed by atoms with Gasteiger partial charge in [-0.1, -0.05) is 17.7 Å². The molecule has 0 atom stereocenters. The molecule has 2 aromatic carbocycles. The molecule has 0 aliphatic carbocycles. The summed E-state index contributed by atoms with van der Waals surface area (Å²) in [6, 6.07) is 12.3. The summed E-state index contributed by atoms with van der Waals surface area (Å²) in [5.74, 6) is 0.208. The van der Waals surface area contributed by atoms with Crippen LogP contribution in [0.4, 0.5) is 5.69 Å². The molecule has 0 aliphatic heterocycles. The average Bonchev–Trinajstić information content (AvgIpc) is 3.06. The van der Waals surface area contributed by atoms with E-state index in [4.69, 9.17) is 16.0 Å². The summed E-state index contributed by atoms with van der Waals surface area (Å²) in [4.78, 5) is 12.3. The Hall–Kier alpha value is -2.66. The van der Waals surface area contributed by atoms with Crippen molar-refractivity contribution < 1.29 is 9.21 Å². The average molecular weight is 314 g/mol. The quantitative estimate of drug-likeness (QED) is 0.795. The van der Waals surface area contributed by atoms with Crippen LogP contribution in [-0.2, 0) is 0 Å². The minimum atomic E-state index is -0.206. The maximum atomic E-state index is 12.3. The van der Waals surface area contributed by atoms with Crippen LogP contribution >= 0.6 is 11.6 Å². The smallest absolute Gasteiger partial charge is 0.255 e. The first-order chi connectivity index (χ1) is 10.6. The van der Waals surface area contributed by atoms with Crippen molar-refractivity contribution >= 4 is 23.2 Å². The number of nitrogens with zero attached hydrogens (tertiary/aromatic N) is 2. The fraction of sp³-hybridized carbons (Fsp3) is 0.0625. The summed E-state index contributed by atoms with van der Waals surface area (Å²) >= 11 is 6.05. The summed E-state index contributed by atoms with van der Waals surface area (Å²) in [5.41, 5.74) is 2.81. The summed E-state index contributed by atoms with van der Waals surface area (Å²) in [6.07, 6.45) is 1.26. The van der Waals surface area contributed by atoms with Gasteiger partial charge in [0, 0.05) is 21.8 Å². The first-order valence-corrected chi connectivity index (χ1v) is 6.96. The molecule has 0 saturated carbocycles. The molecule has 1 aromatic heterocycles. The molecule has 22 heavy (non-hydrogen) atoms. The van der Waals surface area contributed by atoms with Gasteiger partial charge >= 0.3 is 0 Å². The van der Waals surface area contributed by atoms with E-state index in [0.717, 1.165) is 11.1 Å². The van der Waals surface area contributed by atoms with Crippen LogP contribution in [0, 0.1) is 6.92 Å². The van der Waals surface area contributed by atoms with Gasteiger partial charge in [-0.05, 0) is 48.9 Å². The number of amides is 1. The number of carbonyl (C=O) groups excluding carboxylic acids is 1. The van der Waals surface area contributed by atoms with Gasteiger partial charge in [-0.2, -0.15) is 0 Å². The molecule has 0 bridgehead atoms. The van der Waals surface area contributed by atoms with Crippen LogP contribution in [-0.4, -0.2) is 16.1 Å². The molecule has 0 unspecified atom stereocenters. The van der Waals surface area contributed by atoms with Gasteiger partial charge in [-0.25, -0.2) is 0 Å². The fourth-order valence-electron chi connectivity index (χ4n) is 2.00. The Morgan fingerprint density at radius 3 is 2.64 bits per heavy atom. The molecule has 0 radical (unpaired) electrons. The molecule has 3 aromatic rings. The number of benzene rings is 2.